The number of pyridine rings is 1. The Balaban J connectivity index is 1.40. The maximum atomic E-state index is 5.79. The Bertz CT molecular complexity index is 746. The number of rotatable bonds is 10. The lowest BCUT2D eigenvalue weighted by molar-refractivity contribution is 0.0376. The summed E-state index contributed by atoms with van der Waals surface area (Å²) in [6, 6.07) is 13.9. The summed E-state index contributed by atoms with van der Waals surface area (Å²) in [4.78, 5) is 11.4. The normalized spacial score (nSPS) is 15.0. The molecule has 0 unspecified atom stereocenters. The molecule has 162 valence electrons. The molecule has 1 saturated heterocycles. The van der Waals surface area contributed by atoms with Crippen LogP contribution in [0.2, 0.25) is 0 Å². The first kappa shape index (κ1) is 22.1. The van der Waals surface area contributed by atoms with Crippen molar-refractivity contribution >= 4 is 5.96 Å². The van der Waals surface area contributed by atoms with Crippen LogP contribution in [0.25, 0.3) is 0 Å². The van der Waals surface area contributed by atoms with Crippen LogP contribution in [0.1, 0.15) is 24.6 Å². The molecule has 0 spiro atoms. The van der Waals surface area contributed by atoms with Crippen molar-refractivity contribution in [2.24, 2.45) is 4.99 Å². The molecule has 1 aliphatic rings. The molecule has 30 heavy (non-hydrogen) atoms. The Kier molecular flexibility index (Phi) is 9.43. The van der Waals surface area contributed by atoms with Crippen molar-refractivity contribution in [3.8, 4) is 5.75 Å². The van der Waals surface area contributed by atoms with E-state index in [1.165, 1.54) is 0 Å². The van der Waals surface area contributed by atoms with Gasteiger partial charge in [-0.3, -0.25) is 9.88 Å². The van der Waals surface area contributed by atoms with Crippen LogP contribution in [0.4, 0.5) is 0 Å². The maximum Gasteiger partial charge on any atom is 0.191 e. The molecule has 2 N–H and O–H groups in total. The molecule has 1 aliphatic heterocycles. The van der Waals surface area contributed by atoms with Crippen LogP contribution < -0.4 is 15.4 Å². The number of guanidine groups is 1. The predicted octanol–water partition coefficient (Wildman–Crippen LogP) is 2.44. The molecule has 7 heteroatoms. The molecule has 1 fully saturated rings. The first-order valence-corrected chi connectivity index (χ1v) is 10.8. The Hall–Kier alpha value is -2.64. The van der Waals surface area contributed by atoms with Crippen molar-refractivity contribution in [2.45, 2.75) is 26.5 Å². The number of aromatic nitrogens is 1. The maximum absolute atomic E-state index is 5.79. The summed E-state index contributed by atoms with van der Waals surface area (Å²) in [6.07, 6.45) is 2.87. The van der Waals surface area contributed by atoms with Crippen LogP contribution in [-0.4, -0.2) is 61.8 Å². The number of hydrogen-bond acceptors (Lipinski definition) is 5. The minimum absolute atomic E-state index is 0.470. The smallest absolute Gasteiger partial charge is 0.191 e. The minimum atomic E-state index is 0.470. The summed E-state index contributed by atoms with van der Waals surface area (Å²) in [5.74, 6) is 1.69. The van der Waals surface area contributed by atoms with Crippen molar-refractivity contribution in [3.05, 3.63) is 59.9 Å². The lowest BCUT2D eigenvalue weighted by atomic mass is 10.2. The summed E-state index contributed by atoms with van der Waals surface area (Å²) in [6.45, 7) is 9.80. The molecule has 2 heterocycles. The van der Waals surface area contributed by atoms with Gasteiger partial charge in [0.2, 0.25) is 0 Å². The van der Waals surface area contributed by atoms with E-state index in [1.54, 1.807) is 6.20 Å². The first-order chi connectivity index (χ1) is 14.8. The molecule has 0 aliphatic carbocycles. The first-order valence-electron chi connectivity index (χ1n) is 10.8. The van der Waals surface area contributed by atoms with Crippen LogP contribution >= 0.6 is 0 Å². The SMILES string of the molecule is CCNC(=NCc1ccc(OCc2ccccn2)cc1)NCCCN1CCOCC1. The van der Waals surface area contributed by atoms with E-state index in [0.29, 0.717) is 13.2 Å². The zero-order valence-electron chi connectivity index (χ0n) is 17.8. The molecular weight excluding hydrogens is 378 g/mol. The number of nitrogens with zero attached hydrogens (tertiary/aromatic N) is 3. The summed E-state index contributed by atoms with van der Waals surface area (Å²) >= 11 is 0. The molecule has 3 rings (SSSR count). The van der Waals surface area contributed by atoms with E-state index in [-0.39, 0.29) is 0 Å². The summed E-state index contributed by atoms with van der Waals surface area (Å²) in [5.41, 5.74) is 2.06. The third-order valence-corrected chi connectivity index (χ3v) is 4.85. The lowest BCUT2D eigenvalue weighted by Gasteiger charge is -2.26. The van der Waals surface area contributed by atoms with E-state index in [2.05, 4.69) is 39.6 Å². The second-order valence-corrected chi connectivity index (χ2v) is 7.18. The van der Waals surface area contributed by atoms with Gasteiger partial charge in [0.05, 0.1) is 25.5 Å². The van der Waals surface area contributed by atoms with E-state index in [4.69, 9.17) is 14.5 Å². The monoisotopic (exact) mass is 411 g/mol. The molecule has 0 amide bonds. The van der Waals surface area contributed by atoms with Crippen LogP contribution in [-0.2, 0) is 17.9 Å². The van der Waals surface area contributed by atoms with Gasteiger partial charge >= 0.3 is 0 Å². The summed E-state index contributed by atoms with van der Waals surface area (Å²) < 4.78 is 11.2. The fraction of sp³-hybridized carbons (Fsp3) is 0.478. The third-order valence-electron chi connectivity index (χ3n) is 4.85. The highest BCUT2D eigenvalue weighted by molar-refractivity contribution is 5.79. The molecule has 1 aromatic carbocycles. The highest BCUT2D eigenvalue weighted by atomic mass is 16.5. The topological polar surface area (TPSA) is 71.0 Å². The van der Waals surface area contributed by atoms with Crippen molar-refractivity contribution < 1.29 is 9.47 Å². The van der Waals surface area contributed by atoms with E-state index in [1.807, 2.05) is 30.3 Å². The molecule has 7 nitrogen and oxygen atoms in total. The van der Waals surface area contributed by atoms with Crippen LogP contribution in [0, 0.1) is 0 Å². The molecule has 0 saturated carbocycles. The van der Waals surface area contributed by atoms with Crippen LogP contribution in [0.15, 0.2) is 53.7 Å². The predicted molar refractivity (Wildman–Crippen MR) is 120 cm³/mol. The van der Waals surface area contributed by atoms with Gasteiger partial charge in [0.1, 0.15) is 12.4 Å². The van der Waals surface area contributed by atoms with Crippen LogP contribution in [0.5, 0.6) is 5.75 Å². The average molecular weight is 412 g/mol. The van der Waals surface area contributed by atoms with Gasteiger partial charge in [-0.2, -0.15) is 0 Å². The fourth-order valence-corrected chi connectivity index (χ4v) is 3.18. The van der Waals surface area contributed by atoms with Crippen molar-refractivity contribution in [1.29, 1.82) is 0 Å². The van der Waals surface area contributed by atoms with E-state index >= 15 is 0 Å². The molecular formula is C23H33N5O2. The van der Waals surface area contributed by atoms with Gasteiger partial charge in [-0.15, -0.1) is 0 Å². The molecule has 2 aromatic rings. The minimum Gasteiger partial charge on any atom is -0.487 e. The Morgan fingerprint density at radius 3 is 2.70 bits per heavy atom. The average Bonchev–Trinajstić information content (AvgIpc) is 2.81. The Labute approximate surface area is 179 Å². The second kappa shape index (κ2) is 12.8. The van der Waals surface area contributed by atoms with Gasteiger partial charge in [0.15, 0.2) is 5.96 Å². The zero-order chi connectivity index (χ0) is 20.9. The number of ether oxygens (including phenoxy) is 2. The number of aliphatic imine (C=N–C) groups is 1. The highest BCUT2D eigenvalue weighted by Crippen LogP contribution is 2.14. The van der Waals surface area contributed by atoms with E-state index < -0.39 is 0 Å². The van der Waals surface area contributed by atoms with Crippen molar-refractivity contribution in [3.63, 3.8) is 0 Å². The lowest BCUT2D eigenvalue weighted by Crippen LogP contribution is -2.40. The molecule has 1 aromatic heterocycles. The van der Waals surface area contributed by atoms with Crippen LogP contribution in [0.3, 0.4) is 0 Å². The number of hydrogen-bond donors (Lipinski definition) is 2. The van der Waals surface area contributed by atoms with Gasteiger partial charge in [0, 0.05) is 32.4 Å². The third kappa shape index (κ3) is 8.00. The van der Waals surface area contributed by atoms with Gasteiger partial charge in [-0.05, 0) is 49.7 Å². The summed E-state index contributed by atoms with van der Waals surface area (Å²) in [7, 11) is 0. The highest BCUT2D eigenvalue weighted by Gasteiger charge is 2.09. The van der Waals surface area contributed by atoms with Gasteiger partial charge in [0.25, 0.3) is 0 Å². The fourth-order valence-electron chi connectivity index (χ4n) is 3.18. The largest absolute Gasteiger partial charge is 0.487 e. The summed E-state index contributed by atoms with van der Waals surface area (Å²) in [5, 5.41) is 6.74. The van der Waals surface area contributed by atoms with Gasteiger partial charge in [-0.1, -0.05) is 18.2 Å². The van der Waals surface area contributed by atoms with E-state index in [0.717, 1.165) is 75.3 Å². The van der Waals surface area contributed by atoms with E-state index in [9.17, 15) is 0 Å². The second-order valence-electron chi connectivity index (χ2n) is 7.18. The quantitative estimate of drug-likeness (QED) is 0.356. The molecule has 0 bridgehead atoms. The molecule has 0 radical (unpaired) electrons. The Morgan fingerprint density at radius 1 is 1.13 bits per heavy atom. The van der Waals surface area contributed by atoms with Gasteiger partial charge < -0.3 is 20.1 Å². The van der Waals surface area contributed by atoms with Gasteiger partial charge in [-0.25, -0.2) is 4.99 Å². The van der Waals surface area contributed by atoms with Crippen molar-refractivity contribution in [1.82, 2.24) is 20.5 Å². The standard InChI is InChI=1S/C23H33N5O2/c1-2-24-23(26-12-5-13-28-14-16-29-17-15-28)27-18-20-7-9-22(10-8-20)30-19-21-6-3-4-11-25-21/h3-4,6-11H,2,5,12-19H2,1H3,(H2,24,26,27). The number of benzene rings is 1. The Morgan fingerprint density at radius 2 is 1.97 bits per heavy atom. The molecule has 0 atom stereocenters. The number of morpholine rings is 1. The number of nitrogens with one attached hydrogen (secondary N) is 2. The van der Waals surface area contributed by atoms with Crippen molar-refractivity contribution in [2.75, 3.05) is 45.9 Å². The zero-order valence-corrected chi connectivity index (χ0v) is 17.8.